The smallest absolute Gasteiger partial charge is 0.306 e. The van der Waals surface area contributed by atoms with Crippen molar-refractivity contribution < 1.29 is 14.3 Å². The molecule has 0 fully saturated rings. The largest absolute Gasteiger partial charge is 0.461 e. The lowest BCUT2D eigenvalue weighted by molar-refractivity contribution is -0.145. The normalized spacial score (nSPS) is 10.5. The van der Waals surface area contributed by atoms with Gasteiger partial charge in [0, 0.05) is 12.8 Å². The molecule has 164 valence electrons. The van der Waals surface area contributed by atoms with Gasteiger partial charge in [0.15, 0.2) is 0 Å². The van der Waals surface area contributed by atoms with E-state index in [2.05, 4.69) is 41.5 Å². The zero-order chi connectivity index (χ0) is 20.2. The Kier molecular flexibility index (Phi) is 16.9. The van der Waals surface area contributed by atoms with E-state index in [1.54, 1.807) is 0 Å². The van der Waals surface area contributed by atoms with Crippen LogP contribution in [0.3, 0.4) is 0 Å². The van der Waals surface area contributed by atoms with Gasteiger partial charge in [0.05, 0.1) is 6.54 Å². The zero-order valence-corrected chi connectivity index (χ0v) is 17.4. The molecule has 0 heterocycles. The van der Waals surface area contributed by atoms with Crippen LogP contribution in [0.1, 0.15) is 87.6 Å². The van der Waals surface area contributed by atoms with Gasteiger partial charge in [-0.1, -0.05) is 86.7 Å². The fourth-order valence-corrected chi connectivity index (χ4v) is 1.90. The molecule has 0 bridgehead atoms. The van der Waals surface area contributed by atoms with E-state index in [4.69, 9.17) is 10.5 Å². The lowest BCUT2D eigenvalue weighted by Gasteiger charge is -2.16. The van der Waals surface area contributed by atoms with Gasteiger partial charge >= 0.3 is 5.97 Å². The number of hydrogen-bond donors (Lipinski definition) is 1. The molecule has 0 aliphatic rings. The number of ketones is 1. The van der Waals surface area contributed by atoms with Gasteiger partial charge in [-0.15, -0.1) is 0 Å². The minimum absolute atomic E-state index is 0. The van der Waals surface area contributed by atoms with Crippen LogP contribution in [-0.4, -0.2) is 18.3 Å². The summed E-state index contributed by atoms with van der Waals surface area (Å²) in [5, 5.41) is 0. The van der Waals surface area contributed by atoms with Crippen molar-refractivity contribution in [3.8, 4) is 0 Å². The van der Waals surface area contributed by atoms with Gasteiger partial charge in [0.2, 0.25) is 0 Å². The summed E-state index contributed by atoms with van der Waals surface area (Å²) in [5.41, 5.74) is 6.63. The van der Waals surface area contributed by atoms with Crippen LogP contribution in [0.4, 0.5) is 0 Å². The zero-order valence-electron chi connectivity index (χ0n) is 17.4. The second kappa shape index (κ2) is 15.3. The number of rotatable bonds is 7. The summed E-state index contributed by atoms with van der Waals surface area (Å²) in [6, 6.07) is 9.75. The summed E-state index contributed by atoms with van der Waals surface area (Å²) in [6.07, 6.45) is 2.92. The summed E-state index contributed by atoms with van der Waals surface area (Å²) in [6.45, 7) is 13.3. The van der Waals surface area contributed by atoms with Crippen molar-refractivity contribution in [3.05, 3.63) is 35.9 Å². The maximum absolute atomic E-state index is 11.4. The van der Waals surface area contributed by atoms with Crippen molar-refractivity contribution in [1.29, 1.82) is 0 Å². The highest BCUT2D eigenvalue weighted by molar-refractivity contribution is 5.80. The number of nitrogens with two attached hydrogens (primary N) is 1. The van der Waals surface area contributed by atoms with Gasteiger partial charge in [0.25, 0.3) is 0 Å². The molecule has 4 heteroatoms. The highest BCUT2D eigenvalue weighted by atomic mass is 16.5. The fourth-order valence-electron chi connectivity index (χ4n) is 1.90. The Hall–Kier alpha value is -1.68. The first-order valence-corrected chi connectivity index (χ1v) is 9.34. The molecule has 28 heavy (non-hydrogen) atoms. The second-order valence-electron chi connectivity index (χ2n) is 9.01. The first-order chi connectivity index (χ1) is 11.9. The van der Waals surface area contributed by atoms with E-state index in [0.717, 1.165) is 18.4 Å². The van der Waals surface area contributed by atoms with E-state index >= 15 is 0 Å². The van der Waals surface area contributed by atoms with Crippen LogP contribution in [0.2, 0.25) is 0 Å². The third-order valence-corrected chi connectivity index (χ3v) is 3.70. The number of carbonyl (C=O) groups is 2. The van der Waals surface area contributed by atoms with Gasteiger partial charge in [-0.2, -0.15) is 0 Å². The Morgan fingerprint density at radius 3 is 1.75 bits per heavy atom. The maximum Gasteiger partial charge on any atom is 0.306 e. The minimum Gasteiger partial charge on any atom is -0.461 e. The van der Waals surface area contributed by atoms with Crippen LogP contribution in [0.15, 0.2) is 30.3 Å². The molecule has 0 saturated carbocycles. The summed E-state index contributed by atoms with van der Waals surface area (Å²) in [5.74, 6) is 0.0497. The molecule has 0 aliphatic heterocycles. The highest BCUT2D eigenvalue weighted by Crippen LogP contribution is 2.21. The van der Waals surface area contributed by atoms with Crippen molar-refractivity contribution in [3.63, 3.8) is 0 Å². The Balaban J connectivity index is -0.000000458. The predicted molar refractivity (Wildman–Crippen MR) is 121 cm³/mol. The lowest BCUT2D eigenvalue weighted by Crippen LogP contribution is -2.16. The second-order valence-corrected chi connectivity index (χ2v) is 9.01. The molecule has 0 spiro atoms. The van der Waals surface area contributed by atoms with E-state index in [9.17, 15) is 9.59 Å². The average Bonchev–Trinajstić information content (AvgIpc) is 2.56. The van der Waals surface area contributed by atoms with Gasteiger partial charge < -0.3 is 10.5 Å². The molecule has 0 saturated heterocycles. The van der Waals surface area contributed by atoms with Gasteiger partial charge in [-0.3, -0.25) is 9.59 Å². The molecule has 0 atom stereocenters. The molecular formula is C24H45NO3. The third kappa shape index (κ3) is 20.6. The summed E-state index contributed by atoms with van der Waals surface area (Å²) in [4.78, 5) is 22.2. The van der Waals surface area contributed by atoms with Crippen LogP contribution in [0, 0.1) is 10.8 Å². The van der Waals surface area contributed by atoms with Crippen LogP contribution in [-0.2, 0) is 20.9 Å². The van der Waals surface area contributed by atoms with Crippen molar-refractivity contribution >= 4 is 11.8 Å². The number of carbonyl (C=O) groups excluding carboxylic acids is 2. The summed E-state index contributed by atoms with van der Waals surface area (Å²) in [7, 11) is 0. The fraction of sp³-hybridized carbons (Fsp3) is 0.667. The van der Waals surface area contributed by atoms with E-state index in [0.29, 0.717) is 19.4 Å². The number of ether oxygens (including phenoxy) is 1. The van der Waals surface area contributed by atoms with Crippen LogP contribution in [0.25, 0.3) is 0 Å². The predicted octanol–water partition coefficient (Wildman–Crippen LogP) is 6.17. The molecule has 4 nitrogen and oxygen atoms in total. The van der Waals surface area contributed by atoms with E-state index in [1.807, 2.05) is 30.3 Å². The Labute approximate surface area is 174 Å². The molecule has 0 unspecified atom stereocenters. The van der Waals surface area contributed by atoms with Crippen LogP contribution >= 0.6 is 0 Å². The molecule has 1 aromatic rings. The Morgan fingerprint density at radius 1 is 0.857 bits per heavy atom. The molecule has 1 aromatic carbocycles. The van der Waals surface area contributed by atoms with E-state index in [-0.39, 0.29) is 44.0 Å². The molecular weight excluding hydrogens is 350 g/mol. The maximum atomic E-state index is 11.4. The topological polar surface area (TPSA) is 69.4 Å². The summed E-state index contributed by atoms with van der Waals surface area (Å²) < 4.78 is 5.18. The number of benzene rings is 1. The Bertz CT molecular complexity index is 525. The van der Waals surface area contributed by atoms with E-state index < -0.39 is 0 Å². The minimum atomic E-state index is -0.112. The van der Waals surface area contributed by atoms with Crippen LogP contribution in [0.5, 0.6) is 0 Å². The van der Waals surface area contributed by atoms with Crippen molar-refractivity contribution in [2.24, 2.45) is 16.6 Å². The monoisotopic (exact) mass is 395 g/mol. The molecule has 0 aliphatic carbocycles. The van der Waals surface area contributed by atoms with Crippen molar-refractivity contribution in [1.82, 2.24) is 0 Å². The Morgan fingerprint density at radius 2 is 1.32 bits per heavy atom. The number of hydrogen-bond acceptors (Lipinski definition) is 4. The highest BCUT2D eigenvalue weighted by Gasteiger charge is 2.13. The molecule has 2 N–H and O–H groups in total. The third-order valence-electron chi connectivity index (χ3n) is 3.70. The molecule has 1 rings (SSSR count). The average molecular weight is 396 g/mol. The molecule has 0 aromatic heterocycles. The van der Waals surface area contributed by atoms with Gasteiger partial charge in [-0.05, 0) is 29.2 Å². The first-order valence-electron chi connectivity index (χ1n) is 9.34. The SMILES string of the molecule is C.C.CC(C)(C)CCC(=O)CN.CC(C)(C)CCC(=O)OCc1ccccc1. The molecule has 0 radical (unpaired) electrons. The number of esters is 1. The number of Topliss-reactive ketones (excluding diaryl/α,β-unsaturated/α-hetero) is 1. The van der Waals surface area contributed by atoms with Crippen LogP contribution < -0.4 is 5.73 Å². The van der Waals surface area contributed by atoms with Crippen molar-refractivity contribution in [2.45, 2.75) is 88.7 Å². The van der Waals surface area contributed by atoms with E-state index in [1.165, 1.54) is 0 Å². The molecule has 0 amide bonds. The first kappa shape index (κ1) is 31.0. The van der Waals surface area contributed by atoms with Gasteiger partial charge in [0.1, 0.15) is 12.4 Å². The lowest BCUT2D eigenvalue weighted by atomic mass is 9.90. The quantitative estimate of drug-likeness (QED) is 0.561. The summed E-state index contributed by atoms with van der Waals surface area (Å²) >= 11 is 0. The van der Waals surface area contributed by atoms with Gasteiger partial charge in [-0.25, -0.2) is 0 Å². The standard InChI is InChI=1S/C14H20O2.C8H17NO.2CH4/c1-14(2,3)10-9-13(15)16-11-12-7-5-4-6-8-12;1-8(2,3)5-4-7(10)6-9;;/h4-8H,9-11H2,1-3H3;4-6,9H2,1-3H3;2*1H4. The van der Waals surface area contributed by atoms with Crippen molar-refractivity contribution in [2.75, 3.05) is 6.54 Å².